The van der Waals surface area contributed by atoms with E-state index in [0.29, 0.717) is 6.07 Å². The van der Waals surface area contributed by atoms with Gasteiger partial charge in [-0.3, -0.25) is 0 Å². The summed E-state index contributed by atoms with van der Waals surface area (Å²) in [5.41, 5.74) is -1.88. The molecule has 0 heterocycles. The van der Waals surface area contributed by atoms with Gasteiger partial charge in [-0.2, -0.15) is 13.2 Å². The van der Waals surface area contributed by atoms with Crippen LogP contribution in [0.5, 0.6) is 5.75 Å². The summed E-state index contributed by atoms with van der Waals surface area (Å²) in [5.74, 6) is -1.76. The van der Waals surface area contributed by atoms with Gasteiger partial charge in [0.05, 0.1) is 23.3 Å². The van der Waals surface area contributed by atoms with Crippen molar-refractivity contribution in [2.24, 2.45) is 0 Å². The fourth-order valence-electron chi connectivity index (χ4n) is 1.08. The molecule has 1 aromatic carbocycles. The number of benzene rings is 1. The Morgan fingerprint density at radius 2 is 2.00 bits per heavy atom. The van der Waals surface area contributed by atoms with Gasteiger partial charge in [0.15, 0.2) is 0 Å². The van der Waals surface area contributed by atoms with Crippen LogP contribution in [0.2, 0.25) is 5.02 Å². The van der Waals surface area contributed by atoms with Gasteiger partial charge in [0, 0.05) is 0 Å². The number of aromatic carboxylic acids is 1. The molecule has 3 nitrogen and oxygen atoms in total. The highest BCUT2D eigenvalue weighted by atomic mass is 35.5. The minimum atomic E-state index is -4.73. The number of hydrogen-bond donors (Lipinski definition) is 1. The highest BCUT2D eigenvalue weighted by molar-refractivity contribution is 6.34. The number of carbonyl (C=O) groups is 1. The minimum Gasteiger partial charge on any atom is -0.497 e. The Morgan fingerprint density at radius 1 is 1.44 bits per heavy atom. The van der Waals surface area contributed by atoms with Crippen molar-refractivity contribution in [2.75, 3.05) is 7.11 Å². The van der Waals surface area contributed by atoms with E-state index in [1.807, 2.05) is 0 Å². The second-order valence-corrected chi connectivity index (χ2v) is 3.22. The summed E-state index contributed by atoms with van der Waals surface area (Å²) in [6.45, 7) is 0. The van der Waals surface area contributed by atoms with E-state index in [9.17, 15) is 18.0 Å². The molecule has 0 radical (unpaired) electrons. The molecule has 7 heteroatoms. The van der Waals surface area contributed by atoms with Crippen LogP contribution in [0.15, 0.2) is 12.1 Å². The molecular formula is C9H6ClF3O3. The molecule has 0 fully saturated rings. The topological polar surface area (TPSA) is 46.5 Å². The van der Waals surface area contributed by atoms with Crippen LogP contribution in [0.4, 0.5) is 13.2 Å². The van der Waals surface area contributed by atoms with Crippen molar-refractivity contribution < 1.29 is 27.8 Å². The van der Waals surface area contributed by atoms with Gasteiger partial charge in [0.2, 0.25) is 0 Å². The fourth-order valence-corrected chi connectivity index (χ4v) is 1.37. The first-order valence-electron chi connectivity index (χ1n) is 3.95. The number of methoxy groups -OCH3 is 1. The monoisotopic (exact) mass is 254 g/mol. The average Bonchev–Trinajstić information content (AvgIpc) is 2.15. The van der Waals surface area contributed by atoms with Crippen molar-refractivity contribution in [1.82, 2.24) is 0 Å². The number of hydrogen-bond acceptors (Lipinski definition) is 2. The van der Waals surface area contributed by atoms with Gasteiger partial charge in [-0.1, -0.05) is 11.6 Å². The summed E-state index contributed by atoms with van der Waals surface area (Å²) in [6, 6.07) is 1.58. The fraction of sp³-hybridized carbons (Fsp3) is 0.222. The lowest BCUT2D eigenvalue weighted by Crippen LogP contribution is -2.10. The molecule has 0 aliphatic rings. The Labute approximate surface area is 93.4 Å². The quantitative estimate of drug-likeness (QED) is 0.882. The predicted molar refractivity (Wildman–Crippen MR) is 50.0 cm³/mol. The van der Waals surface area contributed by atoms with E-state index in [1.165, 1.54) is 0 Å². The van der Waals surface area contributed by atoms with E-state index in [-0.39, 0.29) is 5.75 Å². The molecule has 0 aromatic heterocycles. The van der Waals surface area contributed by atoms with Crippen molar-refractivity contribution >= 4 is 17.6 Å². The Bertz CT molecular complexity index is 429. The second kappa shape index (κ2) is 4.21. The first kappa shape index (κ1) is 12.6. The Balaban J connectivity index is 3.50. The smallest absolute Gasteiger partial charge is 0.418 e. The third kappa shape index (κ3) is 2.38. The van der Waals surface area contributed by atoms with E-state index < -0.39 is 28.3 Å². The minimum absolute atomic E-state index is 0.214. The van der Waals surface area contributed by atoms with Gasteiger partial charge < -0.3 is 9.84 Å². The Morgan fingerprint density at radius 3 is 2.38 bits per heavy atom. The first-order chi connectivity index (χ1) is 7.27. The molecule has 1 rings (SSSR count). The number of carboxylic acids is 1. The van der Waals surface area contributed by atoms with Gasteiger partial charge in [-0.05, 0) is 12.1 Å². The standard InChI is InChI=1S/C9H6ClF3O3/c1-16-4-2-5(8(14)15)7(10)6(3-4)9(11,12)13/h2-3H,1H3,(H,14,15). The van der Waals surface area contributed by atoms with Crippen LogP contribution in [0.3, 0.4) is 0 Å². The zero-order chi connectivity index (χ0) is 12.5. The number of alkyl halides is 3. The summed E-state index contributed by atoms with van der Waals surface area (Å²) in [6.07, 6.45) is -4.73. The lowest BCUT2D eigenvalue weighted by Gasteiger charge is -2.12. The summed E-state index contributed by atoms with van der Waals surface area (Å²) in [4.78, 5) is 10.7. The maximum absolute atomic E-state index is 12.5. The van der Waals surface area contributed by atoms with Crippen molar-refractivity contribution in [3.63, 3.8) is 0 Å². The van der Waals surface area contributed by atoms with Crippen LogP contribution in [0.25, 0.3) is 0 Å². The van der Waals surface area contributed by atoms with E-state index in [4.69, 9.17) is 16.7 Å². The van der Waals surface area contributed by atoms with Gasteiger partial charge in [0.25, 0.3) is 0 Å². The maximum atomic E-state index is 12.5. The summed E-state index contributed by atoms with van der Waals surface area (Å²) < 4.78 is 42.0. The Kier molecular flexibility index (Phi) is 3.32. The third-order valence-corrected chi connectivity index (χ3v) is 2.22. The molecule has 0 spiro atoms. The summed E-state index contributed by atoms with van der Waals surface area (Å²) in [7, 11) is 1.13. The molecule has 0 bridgehead atoms. The van der Waals surface area contributed by atoms with E-state index in [0.717, 1.165) is 13.2 Å². The van der Waals surface area contributed by atoms with Crippen LogP contribution in [-0.4, -0.2) is 18.2 Å². The second-order valence-electron chi connectivity index (χ2n) is 2.84. The molecule has 88 valence electrons. The molecule has 0 amide bonds. The summed E-state index contributed by atoms with van der Waals surface area (Å²) in [5, 5.41) is 7.82. The molecule has 0 aliphatic carbocycles. The number of carboxylic acid groups (broad SMARTS) is 1. The van der Waals surface area contributed by atoms with E-state index in [1.54, 1.807) is 0 Å². The first-order valence-corrected chi connectivity index (χ1v) is 4.33. The average molecular weight is 255 g/mol. The highest BCUT2D eigenvalue weighted by Gasteiger charge is 2.35. The van der Waals surface area contributed by atoms with Crippen LogP contribution in [-0.2, 0) is 6.18 Å². The molecular weight excluding hydrogens is 249 g/mol. The normalized spacial score (nSPS) is 11.3. The van der Waals surface area contributed by atoms with Crippen LogP contribution >= 0.6 is 11.6 Å². The molecule has 0 atom stereocenters. The van der Waals surface area contributed by atoms with Crippen LogP contribution in [0, 0.1) is 0 Å². The van der Waals surface area contributed by atoms with Crippen LogP contribution in [0.1, 0.15) is 15.9 Å². The number of halogens is 4. The molecule has 0 saturated heterocycles. The molecule has 16 heavy (non-hydrogen) atoms. The molecule has 1 N–H and O–H groups in total. The zero-order valence-electron chi connectivity index (χ0n) is 7.93. The van der Waals surface area contributed by atoms with Crippen molar-refractivity contribution in [1.29, 1.82) is 0 Å². The van der Waals surface area contributed by atoms with E-state index in [2.05, 4.69) is 4.74 Å². The molecule has 0 aliphatic heterocycles. The van der Waals surface area contributed by atoms with Gasteiger partial charge in [-0.25, -0.2) is 4.79 Å². The lowest BCUT2D eigenvalue weighted by atomic mass is 10.1. The van der Waals surface area contributed by atoms with Gasteiger partial charge in [0.1, 0.15) is 5.75 Å². The molecule has 0 saturated carbocycles. The highest BCUT2D eigenvalue weighted by Crippen LogP contribution is 2.38. The van der Waals surface area contributed by atoms with Gasteiger partial charge in [-0.15, -0.1) is 0 Å². The summed E-state index contributed by atoms with van der Waals surface area (Å²) >= 11 is 5.36. The maximum Gasteiger partial charge on any atom is 0.418 e. The van der Waals surface area contributed by atoms with Crippen LogP contribution < -0.4 is 4.74 Å². The molecule has 0 unspecified atom stereocenters. The van der Waals surface area contributed by atoms with Crippen molar-refractivity contribution in [2.45, 2.75) is 6.18 Å². The number of ether oxygens (including phenoxy) is 1. The SMILES string of the molecule is COc1cc(C(=O)O)c(Cl)c(C(F)(F)F)c1. The Hall–Kier alpha value is -1.43. The third-order valence-electron chi connectivity index (χ3n) is 1.82. The lowest BCUT2D eigenvalue weighted by molar-refractivity contribution is -0.137. The largest absolute Gasteiger partial charge is 0.497 e. The zero-order valence-corrected chi connectivity index (χ0v) is 8.69. The predicted octanol–water partition coefficient (Wildman–Crippen LogP) is 3.07. The van der Waals surface area contributed by atoms with Crippen molar-refractivity contribution in [3.05, 3.63) is 28.3 Å². The van der Waals surface area contributed by atoms with E-state index >= 15 is 0 Å². The molecule has 1 aromatic rings. The number of rotatable bonds is 2. The van der Waals surface area contributed by atoms with Crippen molar-refractivity contribution in [3.8, 4) is 5.75 Å². The van der Waals surface area contributed by atoms with Gasteiger partial charge >= 0.3 is 12.1 Å².